The van der Waals surface area contributed by atoms with E-state index in [1.54, 1.807) is 6.92 Å². The number of carbonyl (C=O) groups excluding carboxylic acids is 1. The summed E-state index contributed by atoms with van der Waals surface area (Å²) in [6, 6.07) is 10.9. The van der Waals surface area contributed by atoms with Gasteiger partial charge in [0.15, 0.2) is 0 Å². The van der Waals surface area contributed by atoms with E-state index in [4.69, 9.17) is 0 Å². The van der Waals surface area contributed by atoms with Crippen molar-refractivity contribution in [3.63, 3.8) is 0 Å². The molecule has 0 aliphatic carbocycles. The third kappa shape index (κ3) is 4.75. The maximum atomic E-state index is 11.3. The van der Waals surface area contributed by atoms with Gasteiger partial charge >= 0.3 is 0 Å². The van der Waals surface area contributed by atoms with Crippen LogP contribution in [-0.2, 0) is 4.79 Å². The highest BCUT2D eigenvalue weighted by Crippen LogP contribution is 2.30. The SMILES string of the molecule is CCC[C@@H](/C=C(/C)CC(C)=O)[Si](C)(C)c1ccccc1. The lowest BCUT2D eigenvalue weighted by Gasteiger charge is -2.31. The van der Waals surface area contributed by atoms with Gasteiger partial charge in [-0.1, -0.05) is 73.6 Å². The highest BCUT2D eigenvalue weighted by molar-refractivity contribution is 6.91. The Labute approximate surface area is 125 Å². The largest absolute Gasteiger partial charge is 0.300 e. The number of rotatable bonds is 7. The number of Topliss-reactive ketones (excluding diaryl/α,β-unsaturated/α-hetero) is 1. The van der Waals surface area contributed by atoms with Crippen LogP contribution in [0.4, 0.5) is 0 Å². The van der Waals surface area contributed by atoms with Crippen molar-refractivity contribution in [1.82, 2.24) is 0 Å². The first-order valence-electron chi connectivity index (χ1n) is 7.60. The van der Waals surface area contributed by atoms with Crippen molar-refractivity contribution in [2.24, 2.45) is 0 Å². The van der Waals surface area contributed by atoms with Gasteiger partial charge in [0.2, 0.25) is 0 Å². The predicted molar refractivity (Wildman–Crippen MR) is 91.3 cm³/mol. The number of benzene rings is 1. The molecule has 0 bridgehead atoms. The van der Waals surface area contributed by atoms with E-state index in [0.717, 1.165) is 0 Å². The molecule has 0 aromatic heterocycles. The first kappa shape index (κ1) is 16.9. The van der Waals surface area contributed by atoms with E-state index >= 15 is 0 Å². The molecule has 0 N–H and O–H groups in total. The van der Waals surface area contributed by atoms with E-state index in [-0.39, 0.29) is 5.78 Å². The Morgan fingerprint density at radius 2 is 1.80 bits per heavy atom. The molecule has 0 radical (unpaired) electrons. The number of hydrogen-bond acceptors (Lipinski definition) is 1. The molecule has 1 aromatic carbocycles. The molecule has 0 saturated carbocycles. The maximum Gasteiger partial charge on any atom is 0.133 e. The van der Waals surface area contributed by atoms with E-state index in [1.807, 2.05) is 0 Å². The van der Waals surface area contributed by atoms with E-state index < -0.39 is 8.07 Å². The predicted octanol–water partition coefficient (Wildman–Crippen LogP) is 4.70. The molecule has 0 aliphatic heterocycles. The van der Waals surface area contributed by atoms with Gasteiger partial charge in [-0.2, -0.15) is 0 Å². The highest BCUT2D eigenvalue weighted by atomic mass is 28.3. The lowest BCUT2D eigenvalue weighted by Crippen LogP contribution is -2.45. The van der Waals surface area contributed by atoms with Crippen molar-refractivity contribution in [3.05, 3.63) is 42.0 Å². The van der Waals surface area contributed by atoms with Gasteiger partial charge in [-0.3, -0.25) is 4.79 Å². The van der Waals surface area contributed by atoms with Crippen molar-refractivity contribution in [1.29, 1.82) is 0 Å². The third-order valence-corrected chi connectivity index (χ3v) is 8.19. The number of carbonyl (C=O) groups is 1. The van der Waals surface area contributed by atoms with Gasteiger partial charge in [-0.25, -0.2) is 0 Å². The number of allylic oxidation sites excluding steroid dienone is 2. The van der Waals surface area contributed by atoms with Crippen molar-refractivity contribution in [2.75, 3.05) is 0 Å². The minimum Gasteiger partial charge on any atom is -0.300 e. The fraction of sp³-hybridized carbons (Fsp3) is 0.500. The van der Waals surface area contributed by atoms with Gasteiger partial charge in [0.05, 0.1) is 8.07 Å². The highest BCUT2D eigenvalue weighted by Gasteiger charge is 2.31. The second kappa shape index (κ2) is 7.58. The molecule has 0 fully saturated rings. The zero-order chi connectivity index (χ0) is 15.2. The molecule has 2 heteroatoms. The molecule has 0 unspecified atom stereocenters. The summed E-state index contributed by atoms with van der Waals surface area (Å²) < 4.78 is 0. The molecule has 0 spiro atoms. The van der Waals surface area contributed by atoms with E-state index in [9.17, 15) is 4.79 Å². The molecule has 0 amide bonds. The maximum absolute atomic E-state index is 11.3. The van der Waals surface area contributed by atoms with Gasteiger partial charge < -0.3 is 0 Å². The molecule has 0 saturated heterocycles. The van der Waals surface area contributed by atoms with Crippen LogP contribution in [0.2, 0.25) is 18.6 Å². The van der Waals surface area contributed by atoms with E-state index in [1.165, 1.54) is 23.6 Å². The Bertz CT molecular complexity index is 460. The molecule has 20 heavy (non-hydrogen) atoms. The summed E-state index contributed by atoms with van der Waals surface area (Å²) in [7, 11) is -1.53. The molecule has 0 heterocycles. The lowest BCUT2D eigenvalue weighted by atomic mass is 10.1. The summed E-state index contributed by atoms with van der Waals surface area (Å²) in [6.45, 7) is 10.9. The summed E-state index contributed by atoms with van der Waals surface area (Å²) >= 11 is 0. The molecular formula is C18H28OSi. The normalized spacial score (nSPS) is 14.2. The van der Waals surface area contributed by atoms with Crippen LogP contribution in [0.1, 0.15) is 40.0 Å². The van der Waals surface area contributed by atoms with Crippen molar-refractivity contribution in [2.45, 2.75) is 58.7 Å². The standard InChI is InChI=1S/C18H28OSi/c1-6-10-18(14-15(2)13-16(3)19)20(4,5)17-11-8-7-9-12-17/h7-9,11-12,14,18H,6,10,13H2,1-5H3/b15-14-/t18-/m0/s1. The Kier molecular flexibility index (Phi) is 6.41. The average molecular weight is 289 g/mol. The lowest BCUT2D eigenvalue weighted by molar-refractivity contribution is -0.116. The Hall–Kier alpha value is -1.15. The molecule has 1 rings (SSSR count). The monoisotopic (exact) mass is 288 g/mol. The summed E-state index contributed by atoms with van der Waals surface area (Å²) in [4.78, 5) is 11.3. The fourth-order valence-electron chi connectivity index (χ4n) is 2.84. The summed E-state index contributed by atoms with van der Waals surface area (Å²) in [5.41, 5.74) is 1.83. The van der Waals surface area contributed by atoms with Crippen molar-refractivity contribution < 1.29 is 4.79 Å². The van der Waals surface area contributed by atoms with Crippen LogP contribution in [0.5, 0.6) is 0 Å². The molecule has 110 valence electrons. The smallest absolute Gasteiger partial charge is 0.133 e. The van der Waals surface area contributed by atoms with Crippen molar-refractivity contribution >= 4 is 19.0 Å². The zero-order valence-corrected chi connectivity index (χ0v) is 14.6. The quantitative estimate of drug-likeness (QED) is 0.525. The average Bonchev–Trinajstić information content (AvgIpc) is 2.38. The van der Waals surface area contributed by atoms with Gasteiger partial charge in [0.1, 0.15) is 5.78 Å². The summed E-state index contributed by atoms with van der Waals surface area (Å²) in [5.74, 6) is 0.258. The number of ketones is 1. The van der Waals surface area contributed by atoms with Gasteiger partial charge in [-0.15, -0.1) is 0 Å². The van der Waals surface area contributed by atoms with Crippen LogP contribution in [0, 0.1) is 0 Å². The Morgan fingerprint density at radius 3 is 2.30 bits per heavy atom. The second-order valence-electron chi connectivity index (χ2n) is 6.37. The van der Waals surface area contributed by atoms with Crippen molar-refractivity contribution in [3.8, 4) is 0 Å². The first-order chi connectivity index (χ1) is 9.37. The molecular weight excluding hydrogens is 260 g/mol. The number of hydrogen-bond donors (Lipinski definition) is 0. The Balaban J connectivity index is 3.03. The summed E-state index contributed by atoms with van der Waals surface area (Å²) in [6.07, 6.45) is 5.38. The third-order valence-electron chi connectivity index (χ3n) is 4.06. The van der Waals surface area contributed by atoms with Crippen LogP contribution < -0.4 is 5.19 Å². The molecule has 1 nitrogen and oxygen atoms in total. The fourth-order valence-corrected chi connectivity index (χ4v) is 6.03. The molecule has 0 aliphatic rings. The van der Waals surface area contributed by atoms with Gasteiger partial charge in [0.25, 0.3) is 0 Å². The topological polar surface area (TPSA) is 17.1 Å². The van der Waals surface area contributed by atoms with Crippen LogP contribution >= 0.6 is 0 Å². The van der Waals surface area contributed by atoms with Gasteiger partial charge in [0, 0.05) is 6.42 Å². The molecule has 1 aromatic rings. The van der Waals surface area contributed by atoms with E-state index in [2.05, 4.69) is 63.3 Å². The minimum atomic E-state index is -1.53. The summed E-state index contributed by atoms with van der Waals surface area (Å²) in [5, 5.41) is 1.50. The van der Waals surface area contributed by atoms with Crippen LogP contribution in [-0.4, -0.2) is 13.9 Å². The van der Waals surface area contributed by atoms with Crippen LogP contribution in [0.3, 0.4) is 0 Å². The van der Waals surface area contributed by atoms with Gasteiger partial charge in [-0.05, 0) is 25.8 Å². The van der Waals surface area contributed by atoms with E-state index in [0.29, 0.717) is 12.0 Å². The van der Waals surface area contributed by atoms with Crippen LogP contribution in [0.25, 0.3) is 0 Å². The first-order valence-corrected chi connectivity index (χ1v) is 10.7. The van der Waals surface area contributed by atoms with Crippen LogP contribution in [0.15, 0.2) is 42.0 Å². The minimum absolute atomic E-state index is 0.258. The Morgan fingerprint density at radius 1 is 1.20 bits per heavy atom. The second-order valence-corrected chi connectivity index (χ2v) is 11.1. The molecule has 1 atom stereocenters. The zero-order valence-electron chi connectivity index (χ0n) is 13.6.